The lowest BCUT2D eigenvalue weighted by molar-refractivity contribution is -0.119. The first-order chi connectivity index (χ1) is 8.95. The smallest absolute Gasteiger partial charge is 0.322 e. The molecule has 0 aliphatic heterocycles. The van der Waals surface area contributed by atoms with E-state index in [4.69, 9.17) is 4.42 Å². The lowest BCUT2D eigenvalue weighted by Crippen LogP contribution is -2.17. The standard InChI is InChI=1S/C14H17N3O2/c1-8(2)12(18)15-14-17-16-13(19-14)11-6-9(3)5-10(4)7-11/h5-8H,1-4H3,(H,15,17,18). The van der Waals surface area contributed by atoms with Gasteiger partial charge in [-0.2, -0.15) is 0 Å². The summed E-state index contributed by atoms with van der Waals surface area (Å²) < 4.78 is 5.45. The summed E-state index contributed by atoms with van der Waals surface area (Å²) >= 11 is 0. The number of amides is 1. The van der Waals surface area contributed by atoms with Crippen LogP contribution in [0.15, 0.2) is 22.6 Å². The minimum atomic E-state index is -0.143. The summed E-state index contributed by atoms with van der Waals surface area (Å²) in [6, 6.07) is 6.14. The maximum atomic E-state index is 11.5. The van der Waals surface area contributed by atoms with Crippen LogP contribution in [-0.4, -0.2) is 16.1 Å². The average molecular weight is 259 g/mol. The molecule has 0 unspecified atom stereocenters. The zero-order chi connectivity index (χ0) is 14.0. The third-order valence-electron chi connectivity index (χ3n) is 2.65. The van der Waals surface area contributed by atoms with E-state index in [-0.39, 0.29) is 17.8 Å². The van der Waals surface area contributed by atoms with Crippen LogP contribution in [0.25, 0.3) is 11.5 Å². The number of carbonyl (C=O) groups excluding carboxylic acids is 1. The number of benzene rings is 1. The molecule has 1 aromatic heterocycles. The van der Waals surface area contributed by atoms with E-state index in [9.17, 15) is 4.79 Å². The lowest BCUT2D eigenvalue weighted by Gasteiger charge is -2.02. The minimum Gasteiger partial charge on any atom is -0.403 e. The number of nitrogens with zero attached hydrogens (tertiary/aromatic N) is 2. The molecule has 0 fully saturated rings. The molecule has 1 amide bonds. The SMILES string of the molecule is Cc1cc(C)cc(-c2nnc(NC(=O)C(C)C)o2)c1. The van der Waals surface area contributed by atoms with Crippen LogP contribution in [-0.2, 0) is 4.79 Å². The van der Waals surface area contributed by atoms with E-state index in [0.717, 1.165) is 16.7 Å². The summed E-state index contributed by atoms with van der Waals surface area (Å²) in [4.78, 5) is 11.5. The van der Waals surface area contributed by atoms with Crippen LogP contribution in [0.4, 0.5) is 6.01 Å². The van der Waals surface area contributed by atoms with Crippen molar-refractivity contribution in [1.29, 1.82) is 0 Å². The molecule has 0 spiro atoms. The molecule has 19 heavy (non-hydrogen) atoms. The van der Waals surface area contributed by atoms with Crippen LogP contribution in [0, 0.1) is 19.8 Å². The van der Waals surface area contributed by atoms with Gasteiger partial charge in [0.15, 0.2) is 0 Å². The summed E-state index contributed by atoms with van der Waals surface area (Å²) in [5.41, 5.74) is 3.11. The van der Waals surface area contributed by atoms with Crippen LogP contribution in [0.3, 0.4) is 0 Å². The Balaban J connectivity index is 2.23. The molecule has 0 aliphatic carbocycles. The van der Waals surface area contributed by atoms with E-state index in [1.807, 2.05) is 26.0 Å². The minimum absolute atomic E-state index is 0.128. The highest BCUT2D eigenvalue weighted by molar-refractivity contribution is 5.90. The van der Waals surface area contributed by atoms with Gasteiger partial charge in [-0.1, -0.05) is 36.1 Å². The van der Waals surface area contributed by atoms with Crippen molar-refractivity contribution in [3.05, 3.63) is 29.3 Å². The van der Waals surface area contributed by atoms with Crippen LogP contribution in [0.1, 0.15) is 25.0 Å². The maximum Gasteiger partial charge on any atom is 0.322 e. The summed E-state index contributed by atoms with van der Waals surface area (Å²) in [7, 11) is 0. The van der Waals surface area contributed by atoms with Gasteiger partial charge in [-0.15, -0.1) is 5.10 Å². The van der Waals surface area contributed by atoms with Gasteiger partial charge in [0, 0.05) is 11.5 Å². The number of hydrogen-bond acceptors (Lipinski definition) is 4. The molecule has 0 saturated heterocycles. The third kappa shape index (κ3) is 3.19. The number of rotatable bonds is 3. The number of aromatic nitrogens is 2. The van der Waals surface area contributed by atoms with Crippen molar-refractivity contribution < 1.29 is 9.21 Å². The van der Waals surface area contributed by atoms with Gasteiger partial charge in [0.25, 0.3) is 0 Å². The topological polar surface area (TPSA) is 68.0 Å². The maximum absolute atomic E-state index is 11.5. The number of anilines is 1. The van der Waals surface area contributed by atoms with E-state index in [1.165, 1.54) is 0 Å². The zero-order valence-electron chi connectivity index (χ0n) is 11.5. The predicted molar refractivity (Wildman–Crippen MR) is 72.7 cm³/mol. The predicted octanol–water partition coefficient (Wildman–Crippen LogP) is 2.95. The lowest BCUT2D eigenvalue weighted by atomic mass is 10.1. The van der Waals surface area contributed by atoms with Crippen LogP contribution >= 0.6 is 0 Å². The average Bonchev–Trinajstić information content (AvgIpc) is 2.76. The molecule has 2 aromatic rings. The number of nitrogens with one attached hydrogen (secondary N) is 1. The third-order valence-corrected chi connectivity index (χ3v) is 2.65. The molecule has 5 heteroatoms. The van der Waals surface area contributed by atoms with Crippen LogP contribution < -0.4 is 5.32 Å². The number of carbonyl (C=O) groups is 1. The van der Waals surface area contributed by atoms with E-state index >= 15 is 0 Å². The first kappa shape index (κ1) is 13.3. The Labute approximate surface area is 112 Å². The Morgan fingerprint density at radius 2 is 1.79 bits per heavy atom. The molecule has 1 N–H and O–H groups in total. The normalized spacial score (nSPS) is 10.8. The van der Waals surface area contributed by atoms with Gasteiger partial charge in [0.1, 0.15) is 0 Å². The second kappa shape index (κ2) is 5.22. The summed E-state index contributed by atoms with van der Waals surface area (Å²) in [6.45, 7) is 7.62. The van der Waals surface area contributed by atoms with Gasteiger partial charge >= 0.3 is 6.01 Å². The fourth-order valence-electron chi connectivity index (χ4n) is 1.74. The van der Waals surface area contributed by atoms with Crippen molar-refractivity contribution in [3.63, 3.8) is 0 Å². The first-order valence-corrected chi connectivity index (χ1v) is 6.19. The van der Waals surface area contributed by atoms with Gasteiger partial charge < -0.3 is 4.42 Å². The molecular formula is C14H17N3O2. The molecule has 1 heterocycles. The summed E-state index contributed by atoms with van der Waals surface area (Å²) in [5.74, 6) is 0.137. The van der Waals surface area contributed by atoms with Crippen LogP contribution in [0.2, 0.25) is 0 Å². The fraction of sp³-hybridized carbons (Fsp3) is 0.357. The van der Waals surface area contributed by atoms with Crippen molar-refractivity contribution in [2.75, 3.05) is 5.32 Å². The molecule has 0 bridgehead atoms. The molecule has 2 rings (SSSR count). The largest absolute Gasteiger partial charge is 0.403 e. The molecular weight excluding hydrogens is 242 g/mol. The zero-order valence-corrected chi connectivity index (χ0v) is 11.5. The Hall–Kier alpha value is -2.17. The van der Waals surface area contributed by atoms with E-state index < -0.39 is 0 Å². The first-order valence-electron chi connectivity index (χ1n) is 6.19. The van der Waals surface area contributed by atoms with Crippen molar-refractivity contribution in [2.45, 2.75) is 27.7 Å². The quantitative estimate of drug-likeness (QED) is 0.920. The second-order valence-corrected chi connectivity index (χ2v) is 4.93. The second-order valence-electron chi connectivity index (χ2n) is 4.93. The molecule has 0 saturated carbocycles. The van der Waals surface area contributed by atoms with E-state index in [1.54, 1.807) is 13.8 Å². The highest BCUT2D eigenvalue weighted by Gasteiger charge is 2.13. The van der Waals surface area contributed by atoms with Gasteiger partial charge in [0.2, 0.25) is 11.8 Å². The van der Waals surface area contributed by atoms with E-state index in [0.29, 0.717) is 5.89 Å². The Bertz CT molecular complexity index is 582. The van der Waals surface area contributed by atoms with Gasteiger partial charge in [-0.3, -0.25) is 10.1 Å². The number of hydrogen-bond donors (Lipinski definition) is 1. The van der Waals surface area contributed by atoms with E-state index in [2.05, 4.69) is 21.6 Å². The molecule has 1 aromatic carbocycles. The van der Waals surface area contributed by atoms with Crippen molar-refractivity contribution >= 4 is 11.9 Å². The highest BCUT2D eigenvalue weighted by atomic mass is 16.4. The molecule has 0 radical (unpaired) electrons. The van der Waals surface area contributed by atoms with Gasteiger partial charge in [-0.25, -0.2) is 0 Å². The van der Waals surface area contributed by atoms with Crippen molar-refractivity contribution in [3.8, 4) is 11.5 Å². The number of aryl methyl sites for hydroxylation is 2. The van der Waals surface area contributed by atoms with Gasteiger partial charge in [-0.05, 0) is 26.0 Å². The van der Waals surface area contributed by atoms with Crippen molar-refractivity contribution in [1.82, 2.24) is 10.2 Å². The summed E-state index contributed by atoms with van der Waals surface area (Å²) in [6.07, 6.45) is 0. The van der Waals surface area contributed by atoms with Crippen LogP contribution in [0.5, 0.6) is 0 Å². The molecule has 0 atom stereocenters. The Morgan fingerprint density at radius 3 is 2.37 bits per heavy atom. The summed E-state index contributed by atoms with van der Waals surface area (Å²) in [5, 5.41) is 10.4. The molecule has 5 nitrogen and oxygen atoms in total. The molecule has 0 aliphatic rings. The highest BCUT2D eigenvalue weighted by Crippen LogP contribution is 2.22. The Kier molecular flexibility index (Phi) is 3.64. The molecule has 100 valence electrons. The van der Waals surface area contributed by atoms with Gasteiger partial charge in [0.05, 0.1) is 0 Å². The Morgan fingerprint density at radius 1 is 1.16 bits per heavy atom. The monoisotopic (exact) mass is 259 g/mol. The fourth-order valence-corrected chi connectivity index (χ4v) is 1.74. The van der Waals surface area contributed by atoms with Crippen molar-refractivity contribution in [2.24, 2.45) is 5.92 Å².